The first-order valence-electron chi connectivity index (χ1n) is 8.55. The zero-order valence-electron chi connectivity index (χ0n) is 15.0. The lowest BCUT2D eigenvalue weighted by Gasteiger charge is -2.02. The molecule has 0 bridgehead atoms. The van der Waals surface area contributed by atoms with Gasteiger partial charge in [-0.1, -0.05) is 24.0 Å². The van der Waals surface area contributed by atoms with E-state index in [2.05, 4.69) is 16.7 Å². The summed E-state index contributed by atoms with van der Waals surface area (Å²) in [7, 11) is 0. The van der Waals surface area contributed by atoms with Crippen LogP contribution in [0.25, 0.3) is 22.4 Å². The number of aromatic nitrogens is 3. The largest absolute Gasteiger partial charge is 0.490 e. The quantitative estimate of drug-likeness (QED) is 0.277. The van der Waals surface area contributed by atoms with Gasteiger partial charge in [0.05, 0.1) is 9.46 Å². The van der Waals surface area contributed by atoms with Crippen LogP contribution in [0.2, 0.25) is 0 Å². The van der Waals surface area contributed by atoms with Gasteiger partial charge in [0.2, 0.25) is 4.96 Å². The second-order valence-corrected chi connectivity index (χ2v) is 7.03. The number of non-ortho nitro benzene ring substituents is 1. The average Bonchev–Trinajstić information content (AvgIpc) is 3.27. The van der Waals surface area contributed by atoms with Crippen molar-refractivity contribution in [2.75, 3.05) is 6.61 Å². The molecule has 0 atom stereocenters. The Morgan fingerprint density at radius 3 is 2.52 bits per heavy atom. The Labute approximate surface area is 168 Å². The number of hydrogen-bond acceptors (Lipinski definition) is 7. The van der Waals surface area contributed by atoms with Crippen molar-refractivity contribution in [3.63, 3.8) is 0 Å². The van der Waals surface area contributed by atoms with E-state index >= 15 is 0 Å². The minimum atomic E-state index is -0.467. The molecule has 0 aliphatic heterocycles. The van der Waals surface area contributed by atoms with Gasteiger partial charge in [-0.25, -0.2) is 0 Å². The first-order valence-corrected chi connectivity index (χ1v) is 9.37. The third-order valence-corrected chi connectivity index (χ3v) is 5.02. The van der Waals surface area contributed by atoms with Crippen LogP contribution in [0.4, 0.5) is 5.69 Å². The van der Waals surface area contributed by atoms with Crippen LogP contribution in [0.1, 0.15) is 5.56 Å². The van der Waals surface area contributed by atoms with E-state index in [0.717, 1.165) is 5.56 Å². The smallest absolute Gasteiger partial charge is 0.291 e. The molecular weight excluding hydrogens is 392 g/mol. The van der Waals surface area contributed by atoms with Crippen LogP contribution < -0.4 is 14.8 Å². The Morgan fingerprint density at radius 2 is 1.90 bits per heavy atom. The number of fused-ring (bicyclic) bond motifs is 1. The predicted molar refractivity (Wildman–Crippen MR) is 110 cm³/mol. The van der Waals surface area contributed by atoms with Crippen LogP contribution in [0.3, 0.4) is 0 Å². The van der Waals surface area contributed by atoms with Crippen molar-refractivity contribution in [3.8, 4) is 17.1 Å². The molecule has 0 aliphatic carbocycles. The molecule has 4 rings (SSSR count). The van der Waals surface area contributed by atoms with E-state index in [0.29, 0.717) is 33.2 Å². The molecule has 29 heavy (non-hydrogen) atoms. The van der Waals surface area contributed by atoms with E-state index < -0.39 is 4.92 Å². The fourth-order valence-electron chi connectivity index (χ4n) is 2.66. The van der Waals surface area contributed by atoms with Crippen LogP contribution in [0.5, 0.6) is 5.75 Å². The van der Waals surface area contributed by atoms with E-state index in [-0.39, 0.29) is 11.2 Å². The predicted octanol–water partition coefficient (Wildman–Crippen LogP) is 2.84. The Balaban J connectivity index is 1.64. The number of thiazole rings is 1. The molecule has 0 fully saturated rings. The third kappa shape index (κ3) is 3.76. The topological polar surface area (TPSA) is 99.6 Å². The van der Waals surface area contributed by atoms with Crippen LogP contribution in [-0.4, -0.2) is 26.1 Å². The number of nitrogens with zero attached hydrogens (tertiary/aromatic N) is 4. The van der Waals surface area contributed by atoms with E-state index in [1.807, 2.05) is 12.1 Å². The summed E-state index contributed by atoms with van der Waals surface area (Å²) >= 11 is 1.21. The number of rotatable bonds is 6. The molecule has 0 saturated heterocycles. The molecule has 4 aromatic rings. The molecule has 144 valence electrons. The molecule has 2 aromatic carbocycles. The maximum absolute atomic E-state index is 12.6. The molecule has 2 heterocycles. The van der Waals surface area contributed by atoms with Crippen LogP contribution in [0.15, 0.2) is 66.0 Å². The number of hydrogen-bond donors (Lipinski definition) is 0. The molecule has 0 N–H and O–H groups in total. The lowest BCUT2D eigenvalue weighted by molar-refractivity contribution is -0.384. The highest BCUT2D eigenvalue weighted by atomic mass is 32.1. The Morgan fingerprint density at radius 1 is 1.17 bits per heavy atom. The summed E-state index contributed by atoms with van der Waals surface area (Å²) < 4.78 is 7.16. The maximum Gasteiger partial charge on any atom is 0.291 e. The maximum atomic E-state index is 12.6. The summed E-state index contributed by atoms with van der Waals surface area (Å²) in [6, 6.07) is 13.2. The Bertz CT molecular complexity index is 1310. The lowest BCUT2D eigenvalue weighted by atomic mass is 10.2. The zero-order valence-corrected chi connectivity index (χ0v) is 15.8. The summed E-state index contributed by atoms with van der Waals surface area (Å²) in [6.07, 6.45) is 3.33. The summed E-state index contributed by atoms with van der Waals surface area (Å²) in [5.41, 5.74) is 1.17. The number of nitro benzene ring substituents is 1. The van der Waals surface area contributed by atoms with Gasteiger partial charge in [-0.2, -0.15) is 9.50 Å². The summed E-state index contributed by atoms with van der Waals surface area (Å²) in [5.74, 6) is 1.16. The third-order valence-electron chi connectivity index (χ3n) is 4.06. The molecular formula is C20H14N4O4S. The van der Waals surface area contributed by atoms with E-state index in [1.165, 1.54) is 28.0 Å². The van der Waals surface area contributed by atoms with Gasteiger partial charge in [0.15, 0.2) is 5.82 Å². The van der Waals surface area contributed by atoms with Crippen molar-refractivity contribution in [2.45, 2.75) is 0 Å². The first kappa shape index (κ1) is 18.5. The minimum Gasteiger partial charge on any atom is -0.490 e. The second-order valence-electron chi connectivity index (χ2n) is 6.02. The molecule has 0 amide bonds. The highest BCUT2D eigenvalue weighted by Gasteiger charge is 2.12. The van der Waals surface area contributed by atoms with Crippen molar-refractivity contribution in [1.29, 1.82) is 0 Å². The molecule has 0 spiro atoms. The van der Waals surface area contributed by atoms with Crippen molar-refractivity contribution in [2.24, 2.45) is 0 Å². The normalized spacial score (nSPS) is 11.7. The number of nitro groups is 1. The van der Waals surface area contributed by atoms with E-state index in [4.69, 9.17) is 4.74 Å². The van der Waals surface area contributed by atoms with Gasteiger partial charge in [0.25, 0.3) is 11.2 Å². The Hall–Kier alpha value is -3.85. The van der Waals surface area contributed by atoms with Gasteiger partial charge < -0.3 is 4.74 Å². The van der Waals surface area contributed by atoms with E-state index in [1.54, 1.807) is 36.4 Å². The summed E-state index contributed by atoms with van der Waals surface area (Å²) in [6.45, 7) is 4.03. The lowest BCUT2D eigenvalue weighted by Crippen LogP contribution is -2.23. The van der Waals surface area contributed by atoms with Gasteiger partial charge >= 0.3 is 0 Å². The van der Waals surface area contributed by atoms with Crippen LogP contribution in [-0.2, 0) is 0 Å². The molecule has 0 unspecified atom stereocenters. The van der Waals surface area contributed by atoms with Gasteiger partial charge in [-0.15, -0.1) is 5.10 Å². The number of benzene rings is 2. The van der Waals surface area contributed by atoms with Crippen LogP contribution >= 0.6 is 11.3 Å². The van der Waals surface area contributed by atoms with Crippen molar-refractivity contribution in [3.05, 3.63) is 91.7 Å². The Kier molecular flexibility index (Phi) is 4.88. The summed E-state index contributed by atoms with van der Waals surface area (Å²) in [4.78, 5) is 27.8. The van der Waals surface area contributed by atoms with Crippen molar-refractivity contribution < 1.29 is 9.66 Å². The van der Waals surface area contributed by atoms with E-state index in [9.17, 15) is 14.9 Å². The molecule has 2 aromatic heterocycles. The summed E-state index contributed by atoms with van der Waals surface area (Å²) in [5, 5.41) is 15.0. The molecule has 9 heteroatoms. The van der Waals surface area contributed by atoms with Gasteiger partial charge in [-0.3, -0.25) is 14.9 Å². The monoisotopic (exact) mass is 406 g/mol. The first-order chi connectivity index (χ1) is 14.0. The zero-order chi connectivity index (χ0) is 20.4. The fourth-order valence-corrected chi connectivity index (χ4v) is 3.56. The number of ether oxygens (including phenoxy) is 1. The SMILES string of the molecule is C=CCOc1ccc(-c2nc3s/c(=C\c4ccc([N+](=O)[O-])cc4)c(=O)n3n2)cc1. The van der Waals surface area contributed by atoms with Gasteiger partial charge in [0.1, 0.15) is 12.4 Å². The molecule has 0 aliphatic rings. The molecule has 0 saturated carbocycles. The second kappa shape index (κ2) is 7.64. The molecule has 0 radical (unpaired) electrons. The van der Waals surface area contributed by atoms with Crippen molar-refractivity contribution in [1.82, 2.24) is 14.6 Å². The average molecular weight is 406 g/mol. The highest BCUT2D eigenvalue weighted by Crippen LogP contribution is 2.20. The van der Waals surface area contributed by atoms with Gasteiger partial charge in [0, 0.05) is 17.7 Å². The molecule has 8 nitrogen and oxygen atoms in total. The fraction of sp³-hybridized carbons (Fsp3) is 0.0500. The minimum absolute atomic E-state index is 0.00213. The standard InChI is InChI=1S/C20H14N4O4S/c1-2-11-28-16-9-5-14(6-10-16)18-21-20-23(22-18)19(25)17(29-20)12-13-3-7-15(8-4-13)24(26)27/h2-10,12H,1,11H2/b17-12-. The highest BCUT2D eigenvalue weighted by molar-refractivity contribution is 7.15. The van der Waals surface area contributed by atoms with Crippen LogP contribution in [0, 0.1) is 10.1 Å². The van der Waals surface area contributed by atoms with Gasteiger partial charge in [-0.05, 0) is 48.0 Å². The van der Waals surface area contributed by atoms with Crippen molar-refractivity contribution >= 4 is 28.1 Å².